The SMILES string of the molecule is COc1ccccc1CN1CCC(CN(CC(C)C)C(=O)CCc2cccnc2)CC1. The van der Waals surface area contributed by atoms with Gasteiger partial charge >= 0.3 is 0 Å². The standard InChI is InChI=1S/C26H37N3O2/c1-21(2)18-29(26(30)11-10-22-7-6-14-27-17-22)19-23-12-15-28(16-13-23)20-24-8-4-5-9-25(24)31-3/h4-9,14,17,21,23H,10-13,15-16,18-20H2,1-3H3. The number of carbonyl (C=O) groups excluding carboxylic acids is 1. The maximum absolute atomic E-state index is 13.0. The molecule has 0 N–H and O–H groups in total. The topological polar surface area (TPSA) is 45.7 Å². The molecule has 1 aliphatic heterocycles. The lowest BCUT2D eigenvalue weighted by atomic mass is 9.95. The van der Waals surface area contributed by atoms with Gasteiger partial charge in [0.1, 0.15) is 5.75 Å². The highest BCUT2D eigenvalue weighted by Gasteiger charge is 2.24. The molecule has 0 aliphatic carbocycles. The number of aromatic nitrogens is 1. The van der Waals surface area contributed by atoms with E-state index in [1.165, 1.54) is 5.56 Å². The van der Waals surface area contributed by atoms with Crippen molar-refractivity contribution in [2.45, 2.75) is 46.1 Å². The summed E-state index contributed by atoms with van der Waals surface area (Å²) in [5.74, 6) is 2.30. The highest BCUT2D eigenvalue weighted by Crippen LogP contribution is 2.24. The zero-order valence-corrected chi connectivity index (χ0v) is 19.3. The number of aryl methyl sites for hydroxylation is 1. The molecule has 5 nitrogen and oxygen atoms in total. The summed E-state index contributed by atoms with van der Waals surface area (Å²) in [4.78, 5) is 21.8. The molecule has 1 aromatic heterocycles. The molecule has 1 fully saturated rings. The van der Waals surface area contributed by atoms with Crippen molar-refractivity contribution in [2.24, 2.45) is 11.8 Å². The minimum Gasteiger partial charge on any atom is -0.496 e. The molecule has 0 spiro atoms. The lowest BCUT2D eigenvalue weighted by Gasteiger charge is -2.35. The number of para-hydroxylation sites is 1. The van der Waals surface area contributed by atoms with Crippen molar-refractivity contribution in [3.63, 3.8) is 0 Å². The molecule has 1 amide bonds. The van der Waals surface area contributed by atoms with Gasteiger partial charge in [-0.05, 0) is 61.9 Å². The number of hydrogen-bond donors (Lipinski definition) is 0. The van der Waals surface area contributed by atoms with Crippen LogP contribution in [0.15, 0.2) is 48.8 Å². The van der Waals surface area contributed by atoms with Crippen molar-refractivity contribution in [2.75, 3.05) is 33.3 Å². The molecule has 1 aliphatic rings. The normalized spacial score (nSPS) is 15.2. The highest BCUT2D eigenvalue weighted by molar-refractivity contribution is 5.76. The van der Waals surface area contributed by atoms with Crippen LogP contribution in [0, 0.1) is 11.8 Å². The van der Waals surface area contributed by atoms with Crippen LogP contribution in [0.5, 0.6) is 5.75 Å². The van der Waals surface area contributed by atoms with Gasteiger partial charge in [-0.1, -0.05) is 38.1 Å². The number of nitrogens with zero attached hydrogens (tertiary/aromatic N) is 3. The third-order valence-electron chi connectivity index (χ3n) is 6.06. The number of rotatable bonds is 10. The van der Waals surface area contributed by atoms with Crippen LogP contribution in [0.3, 0.4) is 0 Å². The molecule has 2 aromatic rings. The summed E-state index contributed by atoms with van der Waals surface area (Å²) in [6, 6.07) is 12.3. The van der Waals surface area contributed by atoms with Gasteiger partial charge in [0.25, 0.3) is 0 Å². The minimum atomic E-state index is 0.272. The number of ether oxygens (including phenoxy) is 1. The fraction of sp³-hybridized carbons (Fsp3) is 0.538. The third-order valence-corrected chi connectivity index (χ3v) is 6.06. The summed E-state index contributed by atoms with van der Waals surface area (Å²) in [6.07, 6.45) is 7.23. The highest BCUT2D eigenvalue weighted by atomic mass is 16.5. The summed E-state index contributed by atoms with van der Waals surface area (Å²) in [6.45, 7) is 9.18. The van der Waals surface area contributed by atoms with Gasteiger partial charge in [0, 0.05) is 44.0 Å². The molecule has 0 bridgehead atoms. The average Bonchev–Trinajstić information content (AvgIpc) is 2.79. The van der Waals surface area contributed by atoms with Crippen LogP contribution < -0.4 is 4.74 Å². The van der Waals surface area contributed by atoms with Gasteiger partial charge < -0.3 is 9.64 Å². The van der Waals surface area contributed by atoms with E-state index in [0.29, 0.717) is 18.3 Å². The summed E-state index contributed by atoms with van der Waals surface area (Å²) in [5, 5.41) is 0. The lowest BCUT2D eigenvalue weighted by Crippen LogP contribution is -2.42. The molecule has 0 radical (unpaired) electrons. The predicted molar refractivity (Wildman–Crippen MR) is 125 cm³/mol. The van der Waals surface area contributed by atoms with Gasteiger partial charge in [-0.2, -0.15) is 0 Å². The van der Waals surface area contributed by atoms with Gasteiger partial charge in [-0.25, -0.2) is 0 Å². The largest absolute Gasteiger partial charge is 0.496 e. The molecular formula is C26H37N3O2. The van der Waals surface area contributed by atoms with E-state index in [1.807, 2.05) is 30.5 Å². The van der Waals surface area contributed by atoms with E-state index >= 15 is 0 Å². The molecule has 2 heterocycles. The lowest BCUT2D eigenvalue weighted by molar-refractivity contribution is -0.132. The summed E-state index contributed by atoms with van der Waals surface area (Å²) < 4.78 is 5.50. The van der Waals surface area contributed by atoms with Crippen LogP contribution in [0.25, 0.3) is 0 Å². The zero-order valence-electron chi connectivity index (χ0n) is 19.3. The fourth-order valence-electron chi connectivity index (χ4n) is 4.39. The van der Waals surface area contributed by atoms with E-state index in [9.17, 15) is 4.79 Å². The first-order chi connectivity index (χ1) is 15.0. The van der Waals surface area contributed by atoms with Crippen LogP contribution in [-0.4, -0.2) is 54.0 Å². The Bertz CT molecular complexity index is 801. The van der Waals surface area contributed by atoms with Crippen molar-refractivity contribution in [1.29, 1.82) is 0 Å². The molecule has 3 rings (SSSR count). The number of methoxy groups -OCH3 is 1. The van der Waals surface area contributed by atoms with Crippen LogP contribution in [0.1, 0.15) is 44.2 Å². The third kappa shape index (κ3) is 7.35. The molecule has 5 heteroatoms. The Morgan fingerprint density at radius 2 is 1.97 bits per heavy atom. The number of likely N-dealkylation sites (tertiary alicyclic amines) is 1. The first kappa shape index (κ1) is 23.3. The Balaban J connectivity index is 1.49. The number of benzene rings is 1. The monoisotopic (exact) mass is 423 g/mol. The molecule has 1 saturated heterocycles. The van der Waals surface area contributed by atoms with E-state index in [-0.39, 0.29) is 5.91 Å². The summed E-state index contributed by atoms with van der Waals surface area (Å²) >= 11 is 0. The maximum Gasteiger partial charge on any atom is 0.222 e. The van der Waals surface area contributed by atoms with Gasteiger partial charge in [-0.3, -0.25) is 14.7 Å². The van der Waals surface area contributed by atoms with Crippen molar-refractivity contribution in [3.8, 4) is 5.75 Å². The second-order valence-corrected chi connectivity index (χ2v) is 9.09. The van der Waals surface area contributed by atoms with Crippen LogP contribution >= 0.6 is 0 Å². The molecular weight excluding hydrogens is 386 g/mol. The Labute approximate surface area is 187 Å². The Morgan fingerprint density at radius 1 is 1.19 bits per heavy atom. The van der Waals surface area contributed by atoms with Crippen molar-refractivity contribution in [3.05, 3.63) is 59.9 Å². The first-order valence-electron chi connectivity index (χ1n) is 11.6. The Hall–Kier alpha value is -2.40. The maximum atomic E-state index is 13.0. The van der Waals surface area contributed by atoms with Gasteiger partial charge in [-0.15, -0.1) is 0 Å². The van der Waals surface area contributed by atoms with Gasteiger partial charge in [0.2, 0.25) is 5.91 Å². The van der Waals surface area contributed by atoms with Crippen molar-refractivity contribution < 1.29 is 9.53 Å². The number of piperidine rings is 1. The molecule has 0 saturated carbocycles. The molecule has 0 atom stereocenters. The summed E-state index contributed by atoms with van der Waals surface area (Å²) in [7, 11) is 1.74. The Kier molecular flexibility index (Phi) is 8.89. The number of hydrogen-bond acceptors (Lipinski definition) is 4. The predicted octanol–water partition coefficient (Wildman–Crippen LogP) is 4.42. The number of amides is 1. The van der Waals surface area contributed by atoms with E-state index in [1.54, 1.807) is 13.3 Å². The van der Waals surface area contributed by atoms with Gasteiger partial charge in [0.15, 0.2) is 0 Å². The average molecular weight is 424 g/mol. The minimum absolute atomic E-state index is 0.272. The smallest absolute Gasteiger partial charge is 0.222 e. The van der Waals surface area contributed by atoms with Crippen LogP contribution in [0.4, 0.5) is 0 Å². The van der Waals surface area contributed by atoms with E-state index in [0.717, 1.165) is 63.3 Å². The van der Waals surface area contributed by atoms with Gasteiger partial charge in [0.05, 0.1) is 7.11 Å². The first-order valence-corrected chi connectivity index (χ1v) is 11.6. The van der Waals surface area contributed by atoms with E-state index < -0.39 is 0 Å². The molecule has 168 valence electrons. The van der Waals surface area contributed by atoms with Crippen molar-refractivity contribution >= 4 is 5.91 Å². The molecule has 0 unspecified atom stereocenters. The Morgan fingerprint density at radius 3 is 2.65 bits per heavy atom. The molecule has 31 heavy (non-hydrogen) atoms. The molecule has 1 aromatic carbocycles. The second kappa shape index (κ2) is 11.8. The second-order valence-electron chi connectivity index (χ2n) is 9.09. The van der Waals surface area contributed by atoms with E-state index in [4.69, 9.17) is 4.74 Å². The zero-order chi connectivity index (χ0) is 22.1. The van der Waals surface area contributed by atoms with Crippen LogP contribution in [0.2, 0.25) is 0 Å². The van der Waals surface area contributed by atoms with E-state index in [2.05, 4.69) is 40.8 Å². The van der Waals surface area contributed by atoms with Crippen molar-refractivity contribution in [1.82, 2.24) is 14.8 Å². The fourth-order valence-corrected chi connectivity index (χ4v) is 4.39. The quantitative estimate of drug-likeness (QED) is 0.568. The number of pyridine rings is 1. The van der Waals surface area contributed by atoms with Crippen LogP contribution in [-0.2, 0) is 17.8 Å². The summed E-state index contributed by atoms with van der Waals surface area (Å²) in [5.41, 5.74) is 2.38. The number of carbonyl (C=O) groups is 1.